The van der Waals surface area contributed by atoms with Gasteiger partial charge in [0.05, 0.1) is 12.7 Å². The van der Waals surface area contributed by atoms with E-state index in [1.54, 1.807) is 0 Å². The molecular formula is C12H18F2N2O3. The van der Waals surface area contributed by atoms with Gasteiger partial charge in [-0.15, -0.1) is 0 Å². The number of ether oxygens (including phenoxy) is 1. The third-order valence-electron chi connectivity index (χ3n) is 3.24. The summed E-state index contributed by atoms with van der Waals surface area (Å²) in [4.78, 5) is 4.25. The number of alkyl halides is 2. The molecule has 0 atom stereocenters. The average Bonchev–Trinajstić information content (AvgIpc) is 2.84. The fourth-order valence-electron chi connectivity index (χ4n) is 2.19. The zero-order valence-corrected chi connectivity index (χ0v) is 10.6. The average molecular weight is 276 g/mol. The molecule has 0 radical (unpaired) electrons. The van der Waals surface area contributed by atoms with Crippen molar-refractivity contribution in [1.29, 1.82) is 0 Å². The molecule has 7 heteroatoms. The zero-order chi connectivity index (χ0) is 13.7. The second-order valence-electron chi connectivity index (χ2n) is 4.77. The van der Waals surface area contributed by atoms with E-state index in [1.807, 2.05) is 0 Å². The molecule has 0 aliphatic heterocycles. The van der Waals surface area contributed by atoms with Gasteiger partial charge in [-0.05, 0) is 25.7 Å². The first-order valence-electron chi connectivity index (χ1n) is 6.51. The van der Waals surface area contributed by atoms with Crippen LogP contribution in [0.25, 0.3) is 0 Å². The summed E-state index contributed by atoms with van der Waals surface area (Å²) in [6, 6.07) is 0. The van der Waals surface area contributed by atoms with E-state index in [0.717, 1.165) is 25.7 Å². The van der Waals surface area contributed by atoms with Crippen molar-refractivity contribution in [2.45, 2.75) is 50.6 Å². The quantitative estimate of drug-likeness (QED) is 0.804. The van der Waals surface area contributed by atoms with Crippen LogP contribution in [-0.2, 0) is 11.2 Å². The molecule has 1 saturated carbocycles. The Balaban J connectivity index is 1.75. The van der Waals surface area contributed by atoms with Crippen LogP contribution in [-0.4, -0.2) is 41.0 Å². The van der Waals surface area contributed by atoms with E-state index in [1.165, 1.54) is 0 Å². The summed E-state index contributed by atoms with van der Waals surface area (Å²) in [6.07, 6.45) is 0.872. The molecule has 0 bridgehead atoms. The summed E-state index contributed by atoms with van der Waals surface area (Å²) in [5, 5.41) is 13.2. The molecule has 1 aliphatic carbocycles. The Morgan fingerprint density at radius 3 is 2.74 bits per heavy atom. The molecule has 108 valence electrons. The number of aliphatic hydroxyl groups excluding tert-OH is 1. The van der Waals surface area contributed by atoms with Crippen LogP contribution in [0.3, 0.4) is 0 Å². The minimum absolute atomic E-state index is 0.159. The monoisotopic (exact) mass is 276 g/mol. The number of rotatable bonds is 6. The van der Waals surface area contributed by atoms with Crippen LogP contribution in [0.1, 0.15) is 43.3 Å². The van der Waals surface area contributed by atoms with Crippen LogP contribution in [0, 0.1) is 0 Å². The van der Waals surface area contributed by atoms with E-state index < -0.39 is 13.0 Å². The van der Waals surface area contributed by atoms with E-state index in [4.69, 9.17) is 9.26 Å². The van der Waals surface area contributed by atoms with Crippen molar-refractivity contribution in [3.8, 4) is 0 Å². The van der Waals surface area contributed by atoms with Crippen molar-refractivity contribution in [2.75, 3.05) is 13.2 Å². The zero-order valence-electron chi connectivity index (χ0n) is 10.6. The smallest absolute Gasteiger partial charge is 0.261 e. The van der Waals surface area contributed by atoms with Crippen LogP contribution in [0.4, 0.5) is 8.78 Å². The SMILES string of the molecule is OC1CCC(c2nc(CCOCC(F)F)no2)CC1. The van der Waals surface area contributed by atoms with Crippen molar-refractivity contribution >= 4 is 0 Å². The highest BCUT2D eigenvalue weighted by molar-refractivity contribution is 4.96. The Bertz CT molecular complexity index is 379. The largest absolute Gasteiger partial charge is 0.393 e. The molecule has 0 saturated heterocycles. The van der Waals surface area contributed by atoms with Crippen LogP contribution >= 0.6 is 0 Å². The molecule has 1 fully saturated rings. The maximum atomic E-state index is 11.8. The fraction of sp³-hybridized carbons (Fsp3) is 0.833. The molecule has 0 amide bonds. The predicted molar refractivity (Wildman–Crippen MR) is 62.0 cm³/mol. The summed E-state index contributed by atoms with van der Waals surface area (Å²) in [6.45, 7) is -0.405. The van der Waals surface area contributed by atoms with Gasteiger partial charge in [-0.25, -0.2) is 8.78 Å². The van der Waals surface area contributed by atoms with Gasteiger partial charge in [0.25, 0.3) is 6.43 Å². The highest BCUT2D eigenvalue weighted by atomic mass is 19.3. The Labute approximate surface area is 109 Å². The summed E-state index contributed by atoms with van der Waals surface area (Å²) in [5.74, 6) is 1.26. The first-order chi connectivity index (χ1) is 9.15. The van der Waals surface area contributed by atoms with Crippen molar-refractivity contribution < 1.29 is 23.1 Å². The number of aromatic nitrogens is 2. The highest BCUT2D eigenvalue weighted by Crippen LogP contribution is 2.31. The minimum atomic E-state index is -2.45. The molecule has 1 aromatic heterocycles. The van der Waals surface area contributed by atoms with Gasteiger partial charge in [-0.2, -0.15) is 4.98 Å². The van der Waals surface area contributed by atoms with Gasteiger partial charge in [0.15, 0.2) is 5.82 Å². The van der Waals surface area contributed by atoms with E-state index >= 15 is 0 Å². The minimum Gasteiger partial charge on any atom is -0.393 e. The topological polar surface area (TPSA) is 68.4 Å². The van der Waals surface area contributed by atoms with Gasteiger partial charge < -0.3 is 14.4 Å². The Morgan fingerprint density at radius 2 is 2.05 bits per heavy atom. The van der Waals surface area contributed by atoms with Crippen LogP contribution in [0.15, 0.2) is 4.52 Å². The van der Waals surface area contributed by atoms with Crippen molar-refractivity contribution in [3.05, 3.63) is 11.7 Å². The van der Waals surface area contributed by atoms with Gasteiger partial charge in [0, 0.05) is 12.3 Å². The van der Waals surface area contributed by atoms with E-state index in [0.29, 0.717) is 18.1 Å². The first-order valence-corrected chi connectivity index (χ1v) is 6.51. The normalized spacial score (nSPS) is 24.0. The Morgan fingerprint density at radius 1 is 1.32 bits per heavy atom. The number of hydrogen-bond acceptors (Lipinski definition) is 5. The maximum absolute atomic E-state index is 11.8. The maximum Gasteiger partial charge on any atom is 0.261 e. The lowest BCUT2D eigenvalue weighted by Gasteiger charge is -2.22. The molecule has 1 aromatic rings. The van der Waals surface area contributed by atoms with E-state index in [-0.39, 0.29) is 18.6 Å². The van der Waals surface area contributed by atoms with E-state index in [2.05, 4.69) is 10.1 Å². The van der Waals surface area contributed by atoms with Crippen molar-refractivity contribution in [3.63, 3.8) is 0 Å². The number of halogens is 2. The molecule has 1 aliphatic rings. The lowest BCUT2D eigenvalue weighted by atomic mass is 9.87. The number of hydrogen-bond donors (Lipinski definition) is 1. The van der Waals surface area contributed by atoms with Gasteiger partial charge >= 0.3 is 0 Å². The van der Waals surface area contributed by atoms with Crippen molar-refractivity contribution in [1.82, 2.24) is 10.1 Å². The van der Waals surface area contributed by atoms with Crippen molar-refractivity contribution in [2.24, 2.45) is 0 Å². The molecule has 0 unspecified atom stereocenters. The van der Waals surface area contributed by atoms with Crippen LogP contribution in [0.2, 0.25) is 0 Å². The molecule has 1 heterocycles. The lowest BCUT2D eigenvalue weighted by Crippen LogP contribution is -2.17. The van der Waals surface area contributed by atoms with E-state index in [9.17, 15) is 13.9 Å². The number of nitrogens with zero attached hydrogens (tertiary/aromatic N) is 2. The molecular weight excluding hydrogens is 258 g/mol. The molecule has 19 heavy (non-hydrogen) atoms. The second kappa shape index (κ2) is 6.91. The molecule has 2 rings (SSSR count). The molecule has 5 nitrogen and oxygen atoms in total. The second-order valence-corrected chi connectivity index (χ2v) is 4.77. The molecule has 0 aromatic carbocycles. The third-order valence-corrected chi connectivity index (χ3v) is 3.24. The van der Waals surface area contributed by atoms with Gasteiger partial charge in [-0.3, -0.25) is 0 Å². The molecule has 0 spiro atoms. The summed E-state index contributed by atoms with van der Waals surface area (Å²) >= 11 is 0. The highest BCUT2D eigenvalue weighted by Gasteiger charge is 2.25. The summed E-state index contributed by atoms with van der Waals surface area (Å²) in [7, 11) is 0. The summed E-state index contributed by atoms with van der Waals surface area (Å²) in [5.41, 5.74) is 0. The Kier molecular flexibility index (Phi) is 5.21. The van der Waals surface area contributed by atoms with Crippen LogP contribution in [0.5, 0.6) is 0 Å². The van der Waals surface area contributed by atoms with Gasteiger partial charge in [0.2, 0.25) is 5.89 Å². The molecule has 1 N–H and O–H groups in total. The summed E-state index contributed by atoms with van der Waals surface area (Å²) < 4.78 is 33.6. The first kappa shape index (κ1) is 14.3. The predicted octanol–water partition coefficient (Wildman–Crippen LogP) is 1.91. The Hall–Kier alpha value is -1.08. The lowest BCUT2D eigenvalue weighted by molar-refractivity contribution is 0.0182. The standard InChI is InChI=1S/C12H18F2N2O3/c13-10(14)7-18-6-5-11-15-12(19-16-11)8-1-3-9(17)4-2-8/h8-10,17H,1-7H2. The van der Waals surface area contributed by atoms with Crippen LogP contribution < -0.4 is 0 Å². The number of aliphatic hydroxyl groups is 1. The third kappa shape index (κ3) is 4.50. The van der Waals surface area contributed by atoms with Gasteiger partial charge in [-0.1, -0.05) is 5.16 Å². The fourth-order valence-corrected chi connectivity index (χ4v) is 2.19. The van der Waals surface area contributed by atoms with Gasteiger partial charge in [0.1, 0.15) is 6.61 Å².